The average molecular weight is 734 g/mol. The van der Waals surface area contributed by atoms with Crippen molar-refractivity contribution in [1.82, 2.24) is 57.2 Å². The van der Waals surface area contributed by atoms with E-state index >= 15 is 0 Å². The van der Waals surface area contributed by atoms with Gasteiger partial charge in [0.05, 0.1) is 12.7 Å². The molecule has 17 nitrogen and oxygen atoms in total. The zero-order valence-electron chi connectivity index (χ0n) is 29.9. The van der Waals surface area contributed by atoms with E-state index in [1.165, 1.54) is 18.6 Å². The van der Waals surface area contributed by atoms with Crippen LogP contribution in [0.15, 0.2) is 18.6 Å². The Labute approximate surface area is 300 Å². The number of tetrazole rings is 1. The lowest BCUT2D eigenvalue weighted by molar-refractivity contribution is -0.141. The van der Waals surface area contributed by atoms with Gasteiger partial charge in [0.25, 0.3) is 11.8 Å². The maximum atomic E-state index is 13.9. The van der Waals surface area contributed by atoms with Crippen molar-refractivity contribution in [2.45, 2.75) is 123 Å². The first-order valence-electron chi connectivity index (χ1n) is 17.6. The molecule has 2 heterocycles. The molecule has 0 aliphatic heterocycles. The summed E-state index contributed by atoms with van der Waals surface area (Å²) in [5, 5.41) is 25.4. The van der Waals surface area contributed by atoms with Crippen LogP contribution in [0.2, 0.25) is 0 Å². The summed E-state index contributed by atoms with van der Waals surface area (Å²) < 4.78 is 27.2. The Morgan fingerprint density at radius 2 is 1.56 bits per heavy atom. The van der Waals surface area contributed by atoms with Crippen molar-refractivity contribution in [3.8, 4) is 0 Å². The zero-order valence-corrected chi connectivity index (χ0v) is 29.9. The van der Waals surface area contributed by atoms with Crippen LogP contribution in [0, 0.1) is 17.8 Å². The van der Waals surface area contributed by atoms with Gasteiger partial charge in [-0.25, -0.2) is 13.8 Å². The summed E-state index contributed by atoms with van der Waals surface area (Å²) in [5.74, 6) is -5.86. The number of aromatic nitrogens is 6. The smallest absolute Gasteiger partial charge is 0.289 e. The predicted octanol–water partition coefficient (Wildman–Crippen LogP) is 1.15. The quantitative estimate of drug-likeness (QED) is 0.105. The van der Waals surface area contributed by atoms with E-state index in [1.807, 2.05) is 20.8 Å². The van der Waals surface area contributed by atoms with Gasteiger partial charge < -0.3 is 26.6 Å². The van der Waals surface area contributed by atoms with Crippen LogP contribution in [0.25, 0.3) is 0 Å². The van der Waals surface area contributed by atoms with Gasteiger partial charge in [0.15, 0.2) is 5.82 Å². The van der Waals surface area contributed by atoms with Crippen LogP contribution in [0.1, 0.15) is 102 Å². The number of carbonyl (C=O) groups is 6. The molecule has 5 amide bonds. The Bertz CT molecular complexity index is 1480. The van der Waals surface area contributed by atoms with E-state index in [1.54, 1.807) is 6.92 Å². The Hall–Kier alpha value is -4.97. The van der Waals surface area contributed by atoms with Gasteiger partial charge in [-0.3, -0.25) is 33.8 Å². The first-order chi connectivity index (χ1) is 24.8. The molecule has 0 saturated heterocycles. The molecular formula is C33H49F2N11O6. The summed E-state index contributed by atoms with van der Waals surface area (Å²) >= 11 is 0. The van der Waals surface area contributed by atoms with Gasteiger partial charge in [-0.1, -0.05) is 71.4 Å². The fraction of sp³-hybridized carbons (Fsp3) is 0.667. The SMILES string of the molecule is CC[C@H](C)C(NC(=O)[C@H](CC(C)C)NC(=O)c1cnccn1)C(=O)N[C@@H](CC1CCCCC1)C(=O)N[C@@H](CC(F)F)C(=O)C(=O)NCc1nn[nH]n1. The molecule has 2 aromatic rings. The summed E-state index contributed by atoms with van der Waals surface area (Å²) in [5.41, 5.74) is 0.00456. The first kappa shape index (κ1) is 41.5. The molecule has 19 heteroatoms. The first-order valence-corrected chi connectivity index (χ1v) is 17.6. The number of halogens is 2. The number of rotatable bonds is 20. The monoisotopic (exact) mass is 733 g/mol. The minimum atomic E-state index is -3.05. The van der Waals surface area contributed by atoms with E-state index in [4.69, 9.17) is 0 Å². The zero-order chi connectivity index (χ0) is 38.2. The van der Waals surface area contributed by atoms with Gasteiger partial charge in [-0.15, -0.1) is 10.2 Å². The van der Waals surface area contributed by atoms with Crippen LogP contribution in [0.4, 0.5) is 8.78 Å². The van der Waals surface area contributed by atoms with Crippen molar-refractivity contribution in [3.05, 3.63) is 30.1 Å². The van der Waals surface area contributed by atoms with E-state index in [2.05, 4.69) is 57.2 Å². The highest BCUT2D eigenvalue weighted by atomic mass is 19.3. The third-order valence-corrected chi connectivity index (χ3v) is 8.91. The van der Waals surface area contributed by atoms with Crippen molar-refractivity contribution in [3.63, 3.8) is 0 Å². The van der Waals surface area contributed by atoms with Crippen molar-refractivity contribution in [2.75, 3.05) is 0 Å². The van der Waals surface area contributed by atoms with Crippen LogP contribution < -0.4 is 26.6 Å². The lowest BCUT2D eigenvalue weighted by Gasteiger charge is -2.31. The third-order valence-electron chi connectivity index (χ3n) is 8.91. The van der Waals surface area contributed by atoms with Gasteiger partial charge in [0, 0.05) is 18.8 Å². The molecule has 0 bridgehead atoms. The van der Waals surface area contributed by atoms with Crippen LogP contribution >= 0.6 is 0 Å². The number of ketones is 1. The number of amides is 5. The predicted molar refractivity (Wildman–Crippen MR) is 181 cm³/mol. The number of nitrogens with one attached hydrogen (secondary N) is 6. The molecule has 6 N–H and O–H groups in total. The second kappa shape index (κ2) is 20.8. The third kappa shape index (κ3) is 13.3. The lowest BCUT2D eigenvalue weighted by atomic mass is 9.84. The van der Waals surface area contributed by atoms with Gasteiger partial charge in [0.2, 0.25) is 29.9 Å². The highest BCUT2D eigenvalue weighted by Crippen LogP contribution is 2.28. The molecule has 1 aliphatic rings. The van der Waals surface area contributed by atoms with Crippen LogP contribution in [0.3, 0.4) is 0 Å². The molecule has 52 heavy (non-hydrogen) atoms. The number of alkyl halides is 2. The van der Waals surface area contributed by atoms with E-state index in [0.29, 0.717) is 6.42 Å². The minimum Gasteiger partial charge on any atom is -0.344 e. The van der Waals surface area contributed by atoms with E-state index in [0.717, 1.165) is 32.1 Å². The number of nitrogens with zero attached hydrogens (tertiary/aromatic N) is 5. The number of hydrogen-bond acceptors (Lipinski definition) is 11. The molecule has 1 fully saturated rings. The van der Waals surface area contributed by atoms with Crippen molar-refractivity contribution >= 4 is 35.3 Å². The second-order valence-corrected chi connectivity index (χ2v) is 13.5. The number of carbonyl (C=O) groups excluding carboxylic acids is 6. The van der Waals surface area contributed by atoms with Crippen LogP contribution in [0.5, 0.6) is 0 Å². The minimum absolute atomic E-state index is 0.00456. The summed E-state index contributed by atoms with van der Waals surface area (Å²) in [7, 11) is 0. The highest BCUT2D eigenvalue weighted by Gasteiger charge is 2.36. The topological polar surface area (TPSA) is 243 Å². The van der Waals surface area contributed by atoms with Gasteiger partial charge in [0.1, 0.15) is 29.9 Å². The number of hydrogen-bond donors (Lipinski definition) is 6. The summed E-state index contributed by atoms with van der Waals surface area (Å²) in [6.07, 6.45) is 4.99. The van der Waals surface area contributed by atoms with Gasteiger partial charge in [-0.2, -0.15) is 5.21 Å². The fourth-order valence-corrected chi connectivity index (χ4v) is 5.90. The maximum absolute atomic E-state index is 13.9. The highest BCUT2D eigenvalue weighted by molar-refractivity contribution is 6.38. The lowest BCUT2D eigenvalue weighted by Crippen LogP contribution is -2.60. The Morgan fingerprint density at radius 3 is 2.15 bits per heavy atom. The van der Waals surface area contributed by atoms with Crippen LogP contribution in [-0.2, 0) is 30.5 Å². The molecule has 3 rings (SSSR count). The number of H-pyrrole nitrogens is 1. The summed E-state index contributed by atoms with van der Waals surface area (Å²) in [6, 6.07) is -5.38. The molecule has 1 saturated carbocycles. The Morgan fingerprint density at radius 1 is 0.865 bits per heavy atom. The van der Waals surface area contributed by atoms with Gasteiger partial charge in [-0.05, 0) is 30.6 Å². The largest absolute Gasteiger partial charge is 0.344 e. The fourth-order valence-electron chi connectivity index (χ4n) is 5.90. The van der Waals surface area contributed by atoms with Gasteiger partial charge >= 0.3 is 0 Å². The maximum Gasteiger partial charge on any atom is 0.289 e. The van der Waals surface area contributed by atoms with Crippen molar-refractivity contribution in [1.29, 1.82) is 0 Å². The molecule has 286 valence electrons. The second-order valence-electron chi connectivity index (χ2n) is 13.5. The van der Waals surface area contributed by atoms with E-state index in [9.17, 15) is 37.5 Å². The molecule has 0 spiro atoms. The van der Waals surface area contributed by atoms with Crippen molar-refractivity contribution < 1.29 is 37.5 Å². The van der Waals surface area contributed by atoms with E-state index < -0.39 is 78.3 Å². The molecule has 0 radical (unpaired) electrons. The molecule has 1 aliphatic carbocycles. The van der Waals surface area contributed by atoms with Crippen molar-refractivity contribution in [2.24, 2.45) is 17.8 Å². The number of aromatic amines is 1. The molecule has 1 unspecified atom stereocenters. The summed E-state index contributed by atoms with van der Waals surface area (Å²) in [6.45, 7) is 6.97. The average Bonchev–Trinajstić information content (AvgIpc) is 3.65. The Balaban J connectivity index is 1.80. The molecule has 5 atom stereocenters. The van der Waals surface area contributed by atoms with E-state index in [-0.39, 0.29) is 42.7 Å². The van der Waals surface area contributed by atoms with Crippen LogP contribution in [-0.4, -0.2) is 96.5 Å². The molecule has 2 aromatic heterocycles. The standard InChI is InChI=1S/C33H49F2N11O6/c1-5-19(4)27(42-30(49)22(13-18(2)3)40-31(50)24-16-36-11-12-37-24)32(51)41-23(14-20-9-7-6-8-10-20)29(48)39-21(15-25(34)35)28(47)33(52)38-17-26-43-45-46-44-26/h11-12,16,18-23,25,27H,5-10,13-15,17H2,1-4H3,(H,38,52)(H,39,48)(H,40,50)(H,41,51)(H,42,49)(H,43,44,45,46)/t19-,21-,22-,23-,27?/m0/s1. The Kier molecular flexibility index (Phi) is 16.6. The summed E-state index contributed by atoms with van der Waals surface area (Å²) in [4.78, 5) is 87.6. The molecular weight excluding hydrogens is 684 g/mol. The normalized spacial score (nSPS) is 16.2. The molecule has 0 aromatic carbocycles. The number of Topliss-reactive ketones (excluding diaryl/α,β-unsaturated/α-hetero) is 1.